The normalized spacial score (nSPS) is 15.5. The molecule has 0 aromatic carbocycles. The number of rotatable bonds is 2. The highest BCUT2D eigenvalue weighted by atomic mass is 16.5. The zero-order valence-electron chi connectivity index (χ0n) is 10.8. The van der Waals surface area contributed by atoms with Gasteiger partial charge in [-0.3, -0.25) is 0 Å². The first-order valence-electron chi connectivity index (χ1n) is 6.41. The Morgan fingerprint density at radius 3 is 2.65 bits per heavy atom. The highest BCUT2D eigenvalue weighted by Crippen LogP contribution is 2.29. The van der Waals surface area contributed by atoms with E-state index in [1.54, 1.807) is 0 Å². The first kappa shape index (κ1) is 12.2. The Balaban J connectivity index is 2.33. The number of carbonyl (C=O) groups excluding carboxylic acids is 1. The highest BCUT2D eigenvalue weighted by molar-refractivity contribution is 5.92. The van der Waals surface area contributed by atoms with Gasteiger partial charge >= 0.3 is 5.97 Å². The molecule has 0 atom stereocenters. The summed E-state index contributed by atoms with van der Waals surface area (Å²) in [5.74, 6) is 1.47. The molecule has 1 aromatic rings. The predicted molar refractivity (Wildman–Crippen MR) is 65.3 cm³/mol. The van der Waals surface area contributed by atoms with Crippen molar-refractivity contribution >= 4 is 5.97 Å². The van der Waals surface area contributed by atoms with E-state index in [1.807, 2.05) is 20.8 Å². The van der Waals surface area contributed by atoms with Crippen LogP contribution in [0, 0.1) is 6.92 Å². The average Bonchev–Trinajstić information content (AvgIpc) is 2.42. The summed E-state index contributed by atoms with van der Waals surface area (Å²) < 4.78 is 11.0. The van der Waals surface area contributed by atoms with E-state index in [2.05, 4.69) is 0 Å². The molecule has 2 rings (SSSR count). The van der Waals surface area contributed by atoms with E-state index in [4.69, 9.17) is 9.15 Å². The molecule has 1 aliphatic carbocycles. The maximum atomic E-state index is 12.0. The third kappa shape index (κ3) is 2.54. The third-order valence-electron chi connectivity index (χ3n) is 3.14. The molecule has 0 fully saturated rings. The number of hydrogen-bond donors (Lipinski definition) is 0. The second-order valence-electron chi connectivity index (χ2n) is 4.95. The summed E-state index contributed by atoms with van der Waals surface area (Å²) >= 11 is 0. The average molecular weight is 236 g/mol. The van der Waals surface area contributed by atoms with E-state index in [0.29, 0.717) is 11.3 Å². The monoisotopic (exact) mass is 236 g/mol. The molecule has 0 bridgehead atoms. The van der Waals surface area contributed by atoms with E-state index >= 15 is 0 Å². The fraction of sp³-hybridized carbons (Fsp3) is 0.643. The zero-order valence-corrected chi connectivity index (χ0v) is 10.8. The maximum Gasteiger partial charge on any atom is 0.342 e. The molecule has 0 amide bonds. The fourth-order valence-corrected chi connectivity index (χ4v) is 2.42. The number of carbonyl (C=O) groups is 1. The molecule has 0 aliphatic heterocycles. The molecule has 17 heavy (non-hydrogen) atoms. The van der Waals surface area contributed by atoms with Crippen LogP contribution >= 0.6 is 0 Å². The van der Waals surface area contributed by atoms with Crippen LogP contribution < -0.4 is 0 Å². The van der Waals surface area contributed by atoms with Crippen molar-refractivity contribution in [2.75, 3.05) is 0 Å². The van der Waals surface area contributed by atoms with Crippen LogP contribution in [0.3, 0.4) is 0 Å². The van der Waals surface area contributed by atoms with Crippen molar-refractivity contribution in [1.29, 1.82) is 0 Å². The molecule has 1 aromatic heterocycles. The van der Waals surface area contributed by atoms with Crippen LogP contribution in [0.25, 0.3) is 0 Å². The van der Waals surface area contributed by atoms with Crippen LogP contribution in [0.5, 0.6) is 0 Å². The van der Waals surface area contributed by atoms with Crippen molar-refractivity contribution in [3.63, 3.8) is 0 Å². The quantitative estimate of drug-likeness (QED) is 0.583. The lowest BCUT2D eigenvalue weighted by molar-refractivity contribution is 0.0375. The van der Waals surface area contributed by atoms with E-state index < -0.39 is 0 Å². The first-order valence-corrected chi connectivity index (χ1v) is 6.41. The van der Waals surface area contributed by atoms with Crippen molar-refractivity contribution in [3.8, 4) is 0 Å². The smallest absolute Gasteiger partial charge is 0.342 e. The van der Waals surface area contributed by atoms with Gasteiger partial charge in [0.15, 0.2) is 0 Å². The maximum absolute atomic E-state index is 12.0. The van der Waals surface area contributed by atoms with E-state index in [1.165, 1.54) is 6.42 Å². The molecule has 1 heterocycles. The minimum absolute atomic E-state index is 0.0850. The number of fused-ring (bicyclic) bond motifs is 1. The second kappa shape index (κ2) is 4.94. The van der Waals surface area contributed by atoms with Crippen LogP contribution in [-0.4, -0.2) is 12.1 Å². The van der Waals surface area contributed by atoms with Crippen LogP contribution in [0.1, 0.15) is 60.6 Å². The molecule has 0 saturated carbocycles. The van der Waals surface area contributed by atoms with Gasteiger partial charge in [0.05, 0.1) is 6.10 Å². The molecule has 0 saturated heterocycles. The SMILES string of the molecule is Cc1oc2c(c1C(=O)OC(C)C)CCCCC2. The van der Waals surface area contributed by atoms with E-state index in [9.17, 15) is 4.79 Å². The van der Waals surface area contributed by atoms with Crippen LogP contribution in [0.4, 0.5) is 0 Å². The lowest BCUT2D eigenvalue weighted by Gasteiger charge is -2.08. The zero-order chi connectivity index (χ0) is 12.4. The van der Waals surface area contributed by atoms with Gasteiger partial charge in [0.25, 0.3) is 0 Å². The Morgan fingerprint density at radius 2 is 1.94 bits per heavy atom. The first-order chi connectivity index (χ1) is 8.09. The minimum atomic E-state index is -0.232. The minimum Gasteiger partial charge on any atom is -0.465 e. The predicted octanol–water partition coefficient (Wildman–Crippen LogP) is 3.42. The van der Waals surface area contributed by atoms with Gasteiger partial charge in [-0.05, 0) is 40.0 Å². The van der Waals surface area contributed by atoms with Gasteiger partial charge in [0.2, 0.25) is 0 Å². The van der Waals surface area contributed by atoms with E-state index in [0.717, 1.165) is 37.0 Å². The number of aryl methyl sites for hydroxylation is 2. The molecular formula is C14H20O3. The molecule has 1 aliphatic rings. The van der Waals surface area contributed by atoms with Gasteiger partial charge in [0, 0.05) is 12.0 Å². The van der Waals surface area contributed by atoms with Crippen molar-refractivity contribution in [1.82, 2.24) is 0 Å². The fourth-order valence-electron chi connectivity index (χ4n) is 2.42. The van der Waals surface area contributed by atoms with Crippen molar-refractivity contribution in [2.24, 2.45) is 0 Å². The molecule has 0 N–H and O–H groups in total. The number of hydrogen-bond acceptors (Lipinski definition) is 3. The van der Waals surface area contributed by atoms with Gasteiger partial charge < -0.3 is 9.15 Å². The largest absolute Gasteiger partial charge is 0.465 e. The molecule has 0 spiro atoms. The summed E-state index contributed by atoms with van der Waals surface area (Å²) in [5.41, 5.74) is 1.77. The lowest BCUT2D eigenvalue weighted by atomic mass is 10.0. The Labute approximate surface area is 102 Å². The number of ether oxygens (including phenoxy) is 1. The van der Waals surface area contributed by atoms with Crippen LogP contribution in [0.2, 0.25) is 0 Å². The molecule has 0 radical (unpaired) electrons. The van der Waals surface area contributed by atoms with Gasteiger partial charge in [-0.1, -0.05) is 6.42 Å². The van der Waals surface area contributed by atoms with E-state index in [-0.39, 0.29) is 12.1 Å². The summed E-state index contributed by atoms with van der Waals surface area (Å²) in [4.78, 5) is 12.0. The summed E-state index contributed by atoms with van der Waals surface area (Å²) in [6.45, 7) is 5.59. The highest BCUT2D eigenvalue weighted by Gasteiger charge is 2.25. The summed E-state index contributed by atoms with van der Waals surface area (Å²) in [5, 5.41) is 0. The van der Waals surface area contributed by atoms with Crippen molar-refractivity contribution in [3.05, 3.63) is 22.6 Å². The Kier molecular flexibility index (Phi) is 3.55. The summed E-state index contributed by atoms with van der Waals surface area (Å²) in [6, 6.07) is 0. The topological polar surface area (TPSA) is 39.4 Å². The molecule has 3 heteroatoms. The van der Waals surface area contributed by atoms with Crippen molar-refractivity contribution in [2.45, 2.75) is 59.0 Å². The Hall–Kier alpha value is -1.25. The Morgan fingerprint density at radius 1 is 1.24 bits per heavy atom. The van der Waals surface area contributed by atoms with Gasteiger partial charge in [-0.2, -0.15) is 0 Å². The van der Waals surface area contributed by atoms with Gasteiger partial charge in [0.1, 0.15) is 17.1 Å². The van der Waals surface area contributed by atoms with Crippen LogP contribution in [0.15, 0.2) is 4.42 Å². The van der Waals surface area contributed by atoms with Crippen LogP contribution in [-0.2, 0) is 17.6 Å². The van der Waals surface area contributed by atoms with Crippen molar-refractivity contribution < 1.29 is 13.9 Å². The third-order valence-corrected chi connectivity index (χ3v) is 3.14. The lowest BCUT2D eigenvalue weighted by Crippen LogP contribution is -2.13. The van der Waals surface area contributed by atoms with Gasteiger partial charge in [-0.25, -0.2) is 4.79 Å². The molecule has 0 unspecified atom stereocenters. The van der Waals surface area contributed by atoms with Gasteiger partial charge in [-0.15, -0.1) is 0 Å². The summed E-state index contributed by atoms with van der Waals surface area (Å²) in [6.07, 6.45) is 5.30. The summed E-state index contributed by atoms with van der Waals surface area (Å²) in [7, 11) is 0. The number of furan rings is 1. The second-order valence-corrected chi connectivity index (χ2v) is 4.95. The Bertz CT molecular complexity index is 415. The molecule has 94 valence electrons. The number of esters is 1. The molecule has 3 nitrogen and oxygen atoms in total. The standard InChI is InChI=1S/C14H20O3/c1-9(2)16-14(15)13-10(3)17-12-8-6-4-5-7-11(12)13/h9H,4-8H2,1-3H3. The molecular weight excluding hydrogens is 216 g/mol.